The Bertz CT molecular complexity index is 775. The first-order chi connectivity index (χ1) is 9.22. The van der Waals surface area contributed by atoms with Crippen molar-refractivity contribution in [1.29, 1.82) is 0 Å². The van der Waals surface area contributed by atoms with E-state index < -0.39 is 5.97 Å². The first-order valence-corrected chi connectivity index (χ1v) is 5.77. The maximum Gasteiger partial charge on any atom is 0.359 e. The number of hydrogen-bond acceptors (Lipinski definition) is 6. The molecule has 1 aliphatic heterocycles. The van der Waals surface area contributed by atoms with Crippen LogP contribution in [0.3, 0.4) is 0 Å². The molecule has 6 heteroatoms. The minimum absolute atomic E-state index is 0.0346. The third-order valence-electron chi connectivity index (χ3n) is 2.80. The maximum atomic E-state index is 12.1. The van der Waals surface area contributed by atoms with E-state index in [0.29, 0.717) is 16.3 Å². The summed E-state index contributed by atoms with van der Waals surface area (Å²) in [5.41, 5.74) is 0.546. The number of ether oxygens (including phenoxy) is 1. The van der Waals surface area contributed by atoms with Crippen LogP contribution in [-0.4, -0.2) is 23.3 Å². The second-order valence-electron chi connectivity index (χ2n) is 3.94. The molecule has 0 saturated carbocycles. The van der Waals surface area contributed by atoms with Crippen LogP contribution in [0.5, 0.6) is 0 Å². The number of carbonyl (C=O) groups excluding carboxylic acids is 2. The van der Waals surface area contributed by atoms with Gasteiger partial charge in [-0.25, -0.2) is 4.79 Å². The van der Waals surface area contributed by atoms with Gasteiger partial charge in [0.1, 0.15) is 5.70 Å². The van der Waals surface area contributed by atoms with Crippen molar-refractivity contribution in [2.45, 2.75) is 6.92 Å². The molecule has 0 atom stereocenters. The van der Waals surface area contributed by atoms with Crippen molar-refractivity contribution in [2.24, 2.45) is 10.2 Å². The summed E-state index contributed by atoms with van der Waals surface area (Å²) in [6.45, 7) is 1.91. The number of Topliss-reactive ketones (excluding diaryl/α,β-unsaturated/α-hetero) is 1. The Hall–Kier alpha value is -2.63. The standard InChI is InChI=1S/C13H9N3O3/c1-2-19-13(18)12-10-9(17)6-8-7(4-3-5-14-8)11(10)15-16-12/h3-6H,2H2,1H3. The van der Waals surface area contributed by atoms with Crippen molar-refractivity contribution in [3.05, 3.63) is 40.2 Å². The van der Waals surface area contributed by atoms with E-state index in [1.165, 1.54) is 6.08 Å². The summed E-state index contributed by atoms with van der Waals surface area (Å²) < 4.78 is 4.87. The predicted molar refractivity (Wildman–Crippen MR) is 64.9 cm³/mol. The van der Waals surface area contributed by atoms with Gasteiger partial charge in [0.25, 0.3) is 0 Å². The lowest BCUT2D eigenvalue weighted by Gasteiger charge is -2.06. The molecule has 0 bridgehead atoms. The zero-order chi connectivity index (χ0) is 13.4. The molecule has 0 fully saturated rings. The summed E-state index contributed by atoms with van der Waals surface area (Å²) in [4.78, 5) is 27.9. The third kappa shape index (κ3) is 1.69. The minimum Gasteiger partial charge on any atom is -0.461 e. The smallest absolute Gasteiger partial charge is 0.359 e. The minimum atomic E-state index is -0.634. The van der Waals surface area contributed by atoms with Crippen LogP contribution < -0.4 is 10.6 Å². The van der Waals surface area contributed by atoms with E-state index in [4.69, 9.17) is 4.74 Å². The molecule has 0 radical (unpaired) electrons. The van der Waals surface area contributed by atoms with E-state index in [1.807, 2.05) is 0 Å². The maximum absolute atomic E-state index is 12.1. The monoisotopic (exact) mass is 255 g/mol. The Morgan fingerprint density at radius 2 is 2.21 bits per heavy atom. The molecule has 6 nitrogen and oxygen atoms in total. The molecule has 0 aromatic carbocycles. The van der Waals surface area contributed by atoms with Crippen LogP contribution in [0.15, 0.2) is 39.8 Å². The lowest BCUT2D eigenvalue weighted by atomic mass is 9.99. The zero-order valence-corrected chi connectivity index (χ0v) is 10.1. The number of fused-ring (bicyclic) bond motifs is 2. The Kier molecular flexibility index (Phi) is 2.56. The average Bonchev–Trinajstić information content (AvgIpc) is 2.85. The van der Waals surface area contributed by atoms with Crippen LogP contribution in [0.4, 0.5) is 0 Å². The Labute approximate surface area is 107 Å². The molecular formula is C13H9N3O3. The Morgan fingerprint density at radius 1 is 1.37 bits per heavy atom. The van der Waals surface area contributed by atoms with Crippen molar-refractivity contribution in [3.8, 4) is 0 Å². The van der Waals surface area contributed by atoms with Crippen LogP contribution >= 0.6 is 0 Å². The fraction of sp³-hybridized carbons (Fsp3) is 0.154. The molecule has 94 valence electrons. The van der Waals surface area contributed by atoms with E-state index in [1.54, 1.807) is 25.3 Å². The summed E-state index contributed by atoms with van der Waals surface area (Å²) >= 11 is 0. The van der Waals surface area contributed by atoms with Crippen molar-refractivity contribution in [3.63, 3.8) is 0 Å². The molecule has 19 heavy (non-hydrogen) atoms. The van der Waals surface area contributed by atoms with Gasteiger partial charge in [-0.1, -0.05) is 0 Å². The van der Waals surface area contributed by atoms with E-state index in [9.17, 15) is 9.59 Å². The number of azo groups is 1. The van der Waals surface area contributed by atoms with E-state index in [0.717, 1.165) is 0 Å². The highest BCUT2D eigenvalue weighted by molar-refractivity contribution is 6.27. The molecule has 1 aliphatic carbocycles. The molecule has 0 unspecified atom stereocenters. The van der Waals surface area contributed by atoms with Gasteiger partial charge in [-0.2, -0.15) is 0 Å². The van der Waals surface area contributed by atoms with Gasteiger partial charge >= 0.3 is 5.97 Å². The number of rotatable bonds is 2. The molecular weight excluding hydrogens is 246 g/mol. The summed E-state index contributed by atoms with van der Waals surface area (Å²) in [6, 6.07) is 3.53. The number of carbonyl (C=O) groups is 2. The van der Waals surface area contributed by atoms with E-state index >= 15 is 0 Å². The second kappa shape index (κ2) is 4.24. The number of pyridine rings is 1. The molecule has 0 amide bonds. The Balaban J connectivity index is 2.28. The highest BCUT2D eigenvalue weighted by Crippen LogP contribution is 2.28. The van der Waals surface area contributed by atoms with Gasteiger partial charge in [0.15, 0.2) is 11.5 Å². The van der Waals surface area contributed by atoms with Gasteiger partial charge in [0, 0.05) is 17.5 Å². The first kappa shape index (κ1) is 11.5. The fourth-order valence-electron chi connectivity index (χ4n) is 2.01. The van der Waals surface area contributed by atoms with Gasteiger partial charge in [-0.05, 0) is 19.1 Å². The topological polar surface area (TPSA) is 81.0 Å². The second-order valence-corrected chi connectivity index (χ2v) is 3.94. The van der Waals surface area contributed by atoms with Crippen LogP contribution in [-0.2, 0) is 14.3 Å². The van der Waals surface area contributed by atoms with Crippen molar-refractivity contribution >= 4 is 23.5 Å². The fourth-order valence-corrected chi connectivity index (χ4v) is 2.01. The molecule has 0 spiro atoms. The van der Waals surface area contributed by atoms with Crippen molar-refractivity contribution in [1.82, 2.24) is 4.98 Å². The average molecular weight is 255 g/mol. The molecule has 2 heterocycles. The molecule has 1 aromatic rings. The van der Waals surface area contributed by atoms with Crippen LogP contribution in [0.2, 0.25) is 0 Å². The van der Waals surface area contributed by atoms with Gasteiger partial charge in [0.05, 0.1) is 17.5 Å². The predicted octanol–water partition coefficient (Wildman–Crippen LogP) is -0.164. The Morgan fingerprint density at radius 3 is 3.00 bits per heavy atom. The zero-order valence-electron chi connectivity index (χ0n) is 10.1. The molecule has 0 saturated heterocycles. The summed E-state index contributed by atoms with van der Waals surface area (Å²) in [6.07, 6.45) is 2.97. The SMILES string of the molecule is CCOC(=O)C1=C2C(=O)C=c3ncccc3=C2N=N1. The number of nitrogens with zero attached hydrogens (tertiary/aromatic N) is 3. The van der Waals surface area contributed by atoms with Gasteiger partial charge < -0.3 is 4.74 Å². The summed E-state index contributed by atoms with van der Waals surface area (Å²) in [5.74, 6) is -0.959. The largest absolute Gasteiger partial charge is 0.461 e. The molecule has 1 aromatic heterocycles. The first-order valence-electron chi connectivity index (χ1n) is 5.77. The van der Waals surface area contributed by atoms with Crippen molar-refractivity contribution in [2.75, 3.05) is 6.61 Å². The summed E-state index contributed by atoms with van der Waals surface area (Å²) in [7, 11) is 0. The number of aromatic nitrogens is 1. The lowest BCUT2D eigenvalue weighted by Crippen LogP contribution is -2.35. The number of hydrogen-bond donors (Lipinski definition) is 0. The van der Waals surface area contributed by atoms with Gasteiger partial charge in [-0.3, -0.25) is 9.78 Å². The normalized spacial score (nSPS) is 16.1. The van der Waals surface area contributed by atoms with E-state index in [2.05, 4.69) is 15.2 Å². The molecule has 3 rings (SSSR count). The van der Waals surface area contributed by atoms with E-state index in [-0.39, 0.29) is 23.7 Å². The highest BCUT2D eigenvalue weighted by Gasteiger charge is 2.31. The van der Waals surface area contributed by atoms with Crippen molar-refractivity contribution < 1.29 is 14.3 Å². The lowest BCUT2D eigenvalue weighted by molar-refractivity contribution is -0.138. The van der Waals surface area contributed by atoms with Crippen LogP contribution in [0.25, 0.3) is 11.8 Å². The highest BCUT2D eigenvalue weighted by atomic mass is 16.5. The third-order valence-corrected chi connectivity index (χ3v) is 2.80. The van der Waals surface area contributed by atoms with Crippen LogP contribution in [0.1, 0.15) is 6.92 Å². The van der Waals surface area contributed by atoms with Gasteiger partial charge in [0.2, 0.25) is 0 Å². The quantitative estimate of drug-likeness (QED) is 0.687. The molecule has 0 N–H and O–H groups in total. The number of esters is 1. The summed E-state index contributed by atoms with van der Waals surface area (Å²) in [5, 5.41) is 8.92. The number of ketones is 1. The molecule has 2 aliphatic rings. The van der Waals surface area contributed by atoms with Gasteiger partial charge in [-0.15, -0.1) is 10.2 Å². The van der Waals surface area contributed by atoms with Crippen LogP contribution in [0, 0.1) is 0 Å².